The second-order valence-electron chi connectivity index (χ2n) is 10.6. The van der Waals surface area contributed by atoms with Crippen LogP contribution in [0.5, 0.6) is 0 Å². The summed E-state index contributed by atoms with van der Waals surface area (Å²) in [6, 6.07) is 14.8. The van der Waals surface area contributed by atoms with Gasteiger partial charge >= 0.3 is 12.1 Å². The molecule has 0 aromatic heterocycles. The Labute approximate surface area is 231 Å². The van der Waals surface area contributed by atoms with Crippen molar-refractivity contribution in [2.75, 3.05) is 31.1 Å². The summed E-state index contributed by atoms with van der Waals surface area (Å²) < 4.78 is 47.6. The predicted octanol–water partition coefficient (Wildman–Crippen LogP) is 4.67. The molecule has 6 rings (SSSR count). The van der Waals surface area contributed by atoms with Crippen LogP contribution in [0.2, 0.25) is 6.82 Å². The number of nitrogens with zero attached hydrogens (tertiary/aromatic N) is 2. The van der Waals surface area contributed by atoms with Crippen molar-refractivity contribution in [1.82, 2.24) is 4.90 Å². The summed E-state index contributed by atoms with van der Waals surface area (Å²) in [6.07, 6.45) is -4.03. The van der Waals surface area contributed by atoms with Crippen molar-refractivity contribution in [3.8, 4) is 0 Å². The number of rotatable bonds is 3. The van der Waals surface area contributed by atoms with E-state index in [1.807, 2.05) is 50.5 Å². The summed E-state index contributed by atoms with van der Waals surface area (Å²) in [5.74, 6) is -0.692. The molecule has 1 aliphatic carbocycles. The summed E-state index contributed by atoms with van der Waals surface area (Å²) in [6.45, 7) is 9.80. The number of carbonyl (C=O) groups is 2. The van der Waals surface area contributed by atoms with E-state index in [2.05, 4.69) is 11.5 Å². The maximum atomic E-state index is 13.8. The third kappa shape index (κ3) is 4.02. The number of fused-ring (bicyclic) bond motifs is 6. The highest BCUT2D eigenvalue weighted by Crippen LogP contribution is 2.53. The molecular formula is C31H27BF3N2O3. The molecule has 1 spiro atoms. The van der Waals surface area contributed by atoms with Gasteiger partial charge in [-0.05, 0) is 54.8 Å². The maximum Gasteiger partial charge on any atom is 0.416 e. The highest BCUT2D eigenvalue weighted by Gasteiger charge is 2.53. The van der Waals surface area contributed by atoms with E-state index >= 15 is 0 Å². The summed E-state index contributed by atoms with van der Waals surface area (Å²) in [7, 11) is 1.96. The molecule has 203 valence electrons. The number of benzene rings is 3. The predicted molar refractivity (Wildman–Crippen MR) is 147 cm³/mol. The summed E-state index contributed by atoms with van der Waals surface area (Å²) in [5, 5.41) is 0. The average Bonchev–Trinajstić information content (AvgIpc) is 3.23. The van der Waals surface area contributed by atoms with Crippen molar-refractivity contribution in [3.63, 3.8) is 0 Å². The normalized spacial score (nSPS) is 19.6. The Hall–Kier alpha value is -4.01. The molecular weight excluding hydrogens is 516 g/mol. The first kappa shape index (κ1) is 26.2. The Morgan fingerprint density at radius 2 is 1.62 bits per heavy atom. The number of hydrogen-bond donors (Lipinski definition) is 0. The highest BCUT2D eigenvalue weighted by atomic mass is 19.4. The molecule has 3 aromatic rings. The van der Waals surface area contributed by atoms with E-state index in [0.717, 1.165) is 34.4 Å². The van der Waals surface area contributed by atoms with Gasteiger partial charge in [0.1, 0.15) is 7.28 Å². The number of carbonyl (C=O) groups excluding carboxylic acids is 2. The molecule has 1 radical (unpaired) electrons. The lowest BCUT2D eigenvalue weighted by atomic mass is 9.67. The zero-order valence-corrected chi connectivity index (χ0v) is 22.3. The van der Waals surface area contributed by atoms with Gasteiger partial charge < -0.3 is 14.5 Å². The van der Waals surface area contributed by atoms with Crippen LogP contribution in [-0.4, -0.2) is 50.2 Å². The first-order valence-electron chi connectivity index (χ1n) is 13.2. The van der Waals surface area contributed by atoms with E-state index in [1.165, 1.54) is 6.07 Å². The number of anilines is 1. The minimum atomic E-state index is -4.57. The number of piperazine rings is 1. The summed E-state index contributed by atoms with van der Waals surface area (Å²) >= 11 is 0. The van der Waals surface area contributed by atoms with Crippen molar-refractivity contribution < 1.29 is 27.5 Å². The van der Waals surface area contributed by atoms with Gasteiger partial charge in [0, 0.05) is 54.1 Å². The number of hydrogen-bond acceptors (Lipinski definition) is 4. The standard InChI is InChI=1S/C31H27BF3N2O3/c1-18(2)28(38)37-12-10-36(11-13-37)23-6-9-26-20(16-23)14-19-15-22(32-3)5-8-25(19)30(26)27-17-21(31(33,34)35)4-7-24(27)29(39)40-30/h4-9,15-17H,1,10-14H2,2-3H3. The summed E-state index contributed by atoms with van der Waals surface area (Å²) in [5.41, 5.74) is 3.61. The van der Waals surface area contributed by atoms with E-state index < -0.39 is 23.3 Å². The molecule has 2 aliphatic heterocycles. The largest absolute Gasteiger partial charge is 0.441 e. The van der Waals surface area contributed by atoms with Crippen molar-refractivity contribution in [1.29, 1.82) is 0 Å². The Morgan fingerprint density at radius 1 is 0.950 bits per heavy atom. The highest BCUT2D eigenvalue weighted by molar-refractivity contribution is 6.51. The molecule has 0 bridgehead atoms. The van der Waals surface area contributed by atoms with Gasteiger partial charge in [-0.15, -0.1) is 0 Å². The molecule has 2 heterocycles. The molecule has 0 N–H and O–H groups in total. The van der Waals surface area contributed by atoms with E-state index in [9.17, 15) is 22.8 Å². The third-order valence-corrected chi connectivity index (χ3v) is 8.18. The van der Waals surface area contributed by atoms with Crippen molar-refractivity contribution in [2.24, 2.45) is 0 Å². The van der Waals surface area contributed by atoms with Gasteiger partial charge in [-0.25, -0.2) is 4.79 Å². The second kappa shape index (κ2) is 9.29. The fraction of sp³-hybridized carbons (Fsp3) is 0.290. The molecule has 1 saturated heterocycles. The number of halogens is 3. The number of amides is 1. The van der Waals surface area contributed by atoms with Gasteiger partial charge in [0.05, 0.1) is 11.1 Å². The van der Waals surface area contributed by atoms with Crippen LogP contribution in [0, 0.1) is 0 Å². The van der Waals surface area contributed by atoms with E-state index in [-0.39, 0.29) is 17.0 Å². The fourth-order valence-electron chi connectivity index (χ4n) is 6.18. The van der Waals surface area contributed by atoms with Gasteiger partial charge in [-0.1, -0.05) is 43.1 Å². The van der Waals surface area contributed by atoms with Gasteiger partial charge in [0.25, 0.3) is 0 Å². The Morgan fingerprint density at radius 3 is 2.27 bits per heavy atom. The SMILES string of the molecule is C=C(C)C(=O)N1CCN(c2ccc3c(c2)Cc2cc([B]C)ccc2C32OC(=O)c3ccc(C(F)(F)F)cc32)CC1. The van der Waals surface area contributed by atoms with Crippen LogP contribution in [0.15, 0.2) is 66.7 Å². The van der Waals surface area contributed by atoms with Crippen molar-refractivity contribution in [2.45, 2.75) is 31.9 Å². The van der Waals surface area contributed by atoms with Gasteiger partial charge in [0.15, 0.2) is 5.60 Å². The molecule has 40 heavy (non-hydrogen) atoms. The molecule has 3 aliphatic rings. The van der Waals surface area contributed by atoms with Crippen molar-refractivity contribution in [3.05, 3.63) is 106 Å². The van der Waals surface area contributed by atoms with Gasteiger partial charge in [0.2, 0.25) is 5.91 Å². The van der Waals surface area contributed by atoms with Crippen LogP contribution in [0.3, 0.4) is 0 Å². The van der Waals surface area contributed by atoms with E-state index in [1.54, 1.807) is 11.8 Å². The smallest absolute Gasteiger partial charge is 0.416 e. The first-order valence-corrected chi connectivity index (χ1v) is 13.2. The molecule has 3 aromatic carbocycles. The zero-order valence-electron chi connectivity index (χ0n) is 22.3. The van der Waals surface area contributed by atoms with Crippen LogP contribution in [-0.2, 0) is 27.7 Å². The monoisotopic (exact) mass is 543 g/mol. The average molecular weight is 543 g/mol. The topological polar surface area (TPSA) is 49.9 Å². The quantitative estimate of drug-likeness (QED) is 0.274. The minimum Gasteiger partial charge on any atom is -0.441 e. The molecule has 1 amide bonds. The lowest BCUT2D eigenvalue weighted by molar-refractivity contribution is -0.137. The lowest BCUT2D eigenvalue weighted by Gasteiger charge is -2.39. The fourth-order valence-corrected chi connectivity index (χ4v) is 6.18. The third-order valence-electron chi connectivity index (χ3n) is 8.18. The number of alkyl halides is 3. The molecule has 1 unspecified atom stereocenters. The molecule has 9 heteroatoms. The van der Waals surface area contributed by atoms with Crippen LogP contribution >= 0.6 is 0 Å². The molecule has 5 nitrogen and oxygen atoms in total. The lowest BCUT2D eigenvalue weighted by Crippen LogP contribution is -2.49. The van der Waals surface area contributed by atoms with Crippen LogP contribution in [0.25, 0.3) is 0 Å². The Kier molecular flexibility index (Phi) is 6.09. The first-order chi connectivity index (χ1) is 19.0. The molecule has 0 saturated carbocycles. The molecule has 1 fully saturated rings. The Bertz CT molecular complexity index is 1580. The van der Waals surface area contributed by atoms with E-state index in [0.29, 0.717) is 49.3 Å². The Balaban J connectivity index is 1.47. The van der Waals surface area contributed by atoms with Crippen LogP contribution < -0.4 is 10.4 Å². The molecule has 1 atom stereocenters. The van der Waals surface area contributed by atoms with E-state index in [4.69, 9.17) is 4.74 Å². The van der Waals surface area contributed by atoms with Crippen molar-refractivity contribution >= 4 is 30.3 Å². The number of esters is 1. The maximum absolute atomic E-state index is 13.8. The van der Waals surface area contributed by atoms with Gasteiger partial charge in [-0.2, -0.15) is 13.2 Å². The van der Waals surface area contributed by atoms with Crippen LogP contribution in [0.4, 0.5) is 18.9 Å². The van der Waals surface area contributed by atoms with Crippen LogP contribution in [0.1, 0.15) is 50.7 Å². The summed E-state index contributed by atoms with van der Waals surface area (Å²) in [4.78, 5) is 29.5. The zero-order chi connectivity index (χ0) is 28.4. The second-order valence-corrected chi connectivity index (χ2v) is 10.6. The minimum absolute atomic E-state index is 0.0490. The number of ether oxygens (including phenoxy) is 1. The van der Waals surface area contributed by atoms with Gasteiger partial charge in [-0.3, -0.25) is 4.79 Å².